The average molecular weight is 182 g/mol. The molecule has 0 bridgehead atoms. The van der Waals surface area contributed by atoms with Gasteiger partial charge in [-0.1, -0.05) is 17.9 Å². The van der Waals surface area contributed by atoms with Crippen LogP contribution < -0.4 is 5.30 Å². The van der Waals surface area contributed by atoms with Crippen LogP contribution in [0.1, 0.15) is 16.7 Å². The van der Waals surface area contributed by atoms with Crippen molar-refractivity contribution in [3.8, 4) is 0 Å². The molecule has 0 aliphatic carbocycles. The maximum Gasteiger partial charge on any atom is 0.0159 e. The standard InChI is InChI=1S/C9H11PS/c1-6-4-5-9(10-11)8(3)7(6)2/h4-5H,1-3H3. The molecule has 0 aliphatic heterocycles. The third-order valence-corrected chi connectivity index (χ3v) is 3.40. The second-order valence-corrected chi connectivity index (χ2v) is 3.95. The van der Waals surface area contributed by atoms with E-state index in [1.807, 2.05) is 0 Å². The van der Waals surface area contributed by atoms with E-state index in [-0.39, 0.29) is 0 Å². The summed E-state index contributed by atoms with van der Waals surface area (Å²) in [7, 11) is 0.953. The highest BCUT2D eigenvalue weighted by Crippen LogP contribution is 2.12. The summed E-state index contributed by atoms with van der Waals surface area (Å²) < 4.78 is 0. The third kappa shape index (κ3) is 1.66. The molecular weight excluding hydrogens is 171 g/mol. The first kappa shape index (κ1) is 8.83. The van der Waals surface area contributed by atoms with Gasteiger partial charge in [-0.2, -0.15) is 0 Å². The van der Waals surface area contributed by atoms with E-state index in [0.29, 0.717) is 0 Å². The summed E-state index contributed by atoms with van der Waals surface area (Å²) >= 11 is 4.98. The Morgan fingerprint density at radius 2 is 1.73 bits per heavy atom. The molecule has 0 aromatic heterocycles. The van der Waals surface area contributed by atoms with Gasteiger partial charge in [0.1, 0.15) is 0 Å². The highest BCUT2D eigenvalue weighted by Gasteiger charge is 2.00. The number of aryl methyl sites for hydroxylation is 1. The maximum atomic E-state index is 4.98. The van der Waals surface area contributed by atoms with Crippen LogP contribution in [0.3, 0.4) is 0 Å². The van der Waals surface area contributed by atoms with Gasteiger partial charge in [-0.05, 0) is 43.5 Å². The minimum absolute atomic E-state index is 0.953. The zero-order valence-corrected chi connectivity index (χ0v) is 8.72. The van der Waals surface area contributed by atoms with Crippen LogP contribution in [0.2, 0.25) is 0 Å². The first-order valence-electron chi connectivity index (χ1n) is 3.57. The lowest BCUT2D eigenvalue weighted by Crippen LogP contribution is -2.01. The Morgan fingerprint density at radius 3 is 2.27 bits per heavy atom. The summed E-state index contributed by atoms with van der Waals surface area (Å²) in [6, 6.07) is 4.25. The Labute approximate surface area is 74.5 Å². The monoisotopic (exact) mass is 182 g/mol. The van der Waals surface area contributed by atoms with Gasteiger partial charge in [0.15, 0.2) is 0 Å². The number of rotatable bonds is 1. The molecule has 0 unspecified atom stereocenters. The Balaban J connectivity index is 3.36. The van der Waals surface area contributed by atoms with Crippen LogP contribution in [0.15, 0.2) is 12.1 Å². The fraction of sp³-hybridized carbons (Fsp3) is 0.333. The molecule has 0 heterocycles. The lowest BCUT2D eigenvalue weighted by molar-refractivity contribution is 1.29. The molecule has 58 valence electrons. The van der Waals surface area contributed by atoms with Crippen LogP contribution in [0.4, 0.5) is 0 Å². The molecule has 2 heteroatoms. The molecule has 1 aromatic rings. The molecule has 0 saturated carbocycles. The van der Waals surface area contributed by atoms with Crippen LogP contribution in [0.5, 0.6) is 0 Å². The fourth-order valence-electron chi connectivity index (χ4n) is 1.04. The van der Waals surface area contributed by atoms with Crippen molar-refractivity contribution in [3.05, 3.63) is 28.8 Å². The van der Waals surface area contributed by atoms with Gasteiger partial charge in [-0.15, -0.1) is 0 Å². The average Bonchev–Trinajstić information content (AvgIpc) is 2.01. The minimum atomic E-state index is 0.953. The third-order valence-electron chi connectivity index (χ3n) is 2.13. The van der Waals surface area contributed by atoms with Gasteiger partial charge in [0, 0.05) is 12.7 Å². The fourth-order valence-corrected chi connectivity index (χ4v) is 2.07. The summed E-state index contributed by atoms with van der Waals surface area (Å²) in [5.74, 6) is 0. The highest BCUT2D eigenvalue weighted by atomic mass is 32.4. The Morgan fingerprint density at radius 1 is 1.09 bits per heavy atom. The first-order valence-corrected chi connectivity index (χ1v) is 5.47. The molecule has 1 rings (SSSR count). The van der Waals surface area contributed by atoms with Crippen LogP contribution in [0, 0.1) is 20.8 Å². The van der Waals surface area contributed by atoms with Crippen molar-refractivity contribution in [1.82, 2.24) is 0 Å². The summed E-state index contributed by atoms with van der Waals surface area (Å²) in [5.41, 5.74) is 4.08. The van der Waals surface area contributed by atoms with E-state index in [2.05, 4.69) is 32.9 Å². The van der Waals surface area contributed by atoms with Crippen molar-refractivity contribution < 1.29 is 0 Å². The largest absolute Gasteiger partial charge is 0.0581 e. The van der Waals surface area contributed by atoms with Gasteiger partial charge in [0.2, 0.25) is 0 Å². The second kappa shape index (κ2) is 3.42. The SMILES string of the molecule is Cc1ccc(P=S)c(C)c1C. The van der Waals surface area contributed by atoms with E-state index in [1.54, 1.807) is 0 Å². The van der Waals surface area contributed by atoms with Crippen LogP contribution in [0.25, 0.3) is 0 Å². The summed E-state index contributed by atoms with van der Waals surface area (Å²) in [5, 5.41) is 1.27. The predicted molar refractivity (Wildman–Crippen MR) is 54.6 cm³/mol. The normalized spacial score (nSPS) is 10.5. The summed E-state index contributed by atoms with van der Waals surface area (Å²) in [6.07, 6.45) is 0. The molecule has 0 spiro atoms. The van der Waals surface area contributed by atoms with Crippen LogP contribution in [-0.2, 0) is 11.8 Å². The molecule has 0 nitrogen and oxygen atoms in total. The van der Waals surface area contributed by atoms with Gasteiger partial charge in [-0.25, -0.2) is 0 Å². The molecule has 0 radical (unpaired) electrons. The van der Waals surface area contributed by atoms with Gasteiger partial charge >= 0.3 is 0 Å². The van der Waals surface area contributed by atoms with Crippen molar-refractivity contribution >= 4 is 24.5 Å². The maximum absolute atomic E-state index is 4.98. The minimum Gasteiger partial charge on any atom is -0.0581 e. The lowest BCUT2D eigenvalue weighted by atomic mass is 10.1. The molecule has 11 heavy (non-hydrogen) atoms. The number of hydrogen-bond donors (Lipinski definition) is 0. The van der Waals surface area contributed by atoms with E-state index in [0.717, 1.165) is 7.36 Å². The van der Waals surface area contributed by atoms with E-state index in [9.17, 15) is 0 Å². The van der Waals surface area contributed by atoms with Crippen LogP contribution in [-0.4, -0.2) is 0 Å². The number of benzene rings is 1. The molecule has 0 saturated heterocycles. The molecule has 0 aliphatic rings. The molecule has 0 fully saturated rings. The molecule has 1 aromatic carbocycles. The van der Waals surface area contributed by atoms with Crippen LogP contribution >= 0.6 is 7.36 Å². The van der Waals surface area contributed by atoms with Gasteiger partial charge in [0.05, 0.1) is 0 Å². The smallest absolute Gasteiger partial charge is 0.0159 e. The number of hydrogen-bond acceptors (Lipinski definition) is 1. The molecule has 0 amide bonds. The van der Waals surface area contributed by atoms with E-state index in [1.165, 1.54) is 22.0 Å². The van der Waals surface area contributed by atoms with Crippen molar-refractivity contribution in [3.63, 3.8) is 0 Å². The van der Waals surface area contributed by atoms with Crippen molar-refractivity contribution in [2.24, 2.45) is 0 Å². The van der Waals surface area contributed by atoms with E-state index < -0.39 is 0 Å². The Bertz CT molecular complexity index is 292. The Hall–Kier alpha value is -0.260. The quantitative estimate of drug-likeness (QED) is 0.602. The van der Waals surface area contributed by atoms with E-state index in [4.69, 9.17) is 11.8 Å². The summed E-state index contributed by atoms with van der Waals surface area (Å²) in [6.45, 7) is 6.41. The predicted octanol–water partition coefficient (Wildman–Crippen LogP) is 2.65. The second-order valence-electron chi connectivity index (χ2n) is 2.74. The molecular formula is C9H11PS. The zero-order valence-electron chi connectivity index (χ0n) is 7.01. The zero-order chi connectivity index (χ0) is 8.43. The molecule has 0 N–H and O–H groups in total. The Kier molecular flexibility index (Phi) is 2.75. The topological polar surface area (TPSA) is 0 Å². The summed E-state index contributed by atoms with van der Waals surface area (Å²) in [4.78, 5) is 0. The lowest BCUT2D eigenvalue weighted by Gasteiger charge is -2.05. The van der Waals surface area contributed by atoms with E-state index >= 15 is 0 Å². The van der Waals surface area contributed by atoms with Crippen molar-refractivity contribution in [1.29, 1.82) is 0 Å². The van der Waals surface area contributed by atoms with Crippen molar-refractivity contribution in [2.45, 2.75) is 20.8 Å². The van der Waals surface area contributed by atoms with Gasteiger partial charge in [0.25, 0.3) is 0 Å². The van der Waals surface area contributed by atoms with Gasteiger partial charge in [-0.3, -0.25) is 0 Å². The van der Waals surface area contributed by atoms with Crippen molar-refractivity contribution in [2.75, 3.05) is 0 Å². The highest BCUT2D eigenvalue weighted by molar-refractivity contribution is 7.99. The van der Waals surface area contributed by atoms with Gasteiger partial charge < -0.3 is 0 Å². The molecule has 0 atom stereocenters. The first-order chi connectivity index (χ1) is 5.16.